The lowest BCUT2D eigenvalue weighted by atomic mass is 10.1. The Labute approximate surface area is 128 Å². The Morgan fingerprint density at radius 3 is 2.91 bits per heavy atom. The number of pyridine rings is 1. The van der Waals surface area contributed by atoms with Crippen molar-refractivity contribution in [3.8, 4) is 11.3 Å². The first-order chi connectivity index (χ1) is 10.8. The zero-order valence-electron chi connectivity index (χ0n) is 12.0. The summed E-state index contributed by atoms with van der Waals surface area (Å²) in [6.45, 7) is 0. The second kappa shape index (κ2) is 5.15. The van der Waals surface area contributed by atoms with E-state index in [-0.39, 0.29) is 5.78 Å². The molecule has 0 atom stereocenters. The molecule has 22 heavy (non-hydrogen) atoms. The number of allylic oxidation sites excluding steroid dienone is 2. The van der Waals surface area contributed by atoms with Gasteiger partial charge in [0.05, 0.1) is 11.9 Å². The third-order valence-electron chi connectivity index (χ3n) is 3.86. The minimum Gasteiger partial charge on any atom is -0.359 e. The van der Waals surface area contributed by atoms with Gasteiger partial charge in [-0.05, 0) is 30.7 Å². The summed E-state index contributed by atoms with van der Waals surface area (Å²) in [4.78, 5) is 15.7. The highest BCUT2D eigenvalue weighted by Gasteiger charge is 2.12. The maximum Gasteiger partial charge on any atom is 0.157 e. The van der Waals surface area contributed by atoms with Gasteiger partial charge in [-0.2, -0.15) is 0 Å². The first-order valence-electron chi connectivity index (χ1n) is 7.32. The Morgan fingerprint density at radius 1 is 1.09 bits per heavy atom. The van der Waals surface area contributed by atoms with Crippen molar-refractivity contribution in [1.29, 1.82) is 0 Å². The lowest BCUT2D eigenvalue weighted by Crippen LogP contribution is -1.96. The topological polar surface area (TPSA) is 46.4 Å². The number of hydrogen-bond donors (Lipinski definition) is 1. The predicted molar refractivity (Wildman–Crippen MR) is 86.6 cm³/mol. The van der Waals surface area contributed by atoms with Gasteiger partial charge in [-0.25, -0.2) is 4.98 Å². The highest BCUT2D eigenvalue weighted by molar-refractivity contribution is 5.93. The van der Waals surface area contributed by atoms with Gasteiger partial charge in [0, 0.05) is 35.6 Å². The average Bonchev–Trinajstić information content (AvgIpc) is 3.14. The summed E-state index contributed by atoms with van der Waals surface area (Å²) in [7, 11) is 0. The van der Waals surface area contributed by atoms with E-state index in [2.05, 4.69) is 26.8 Å². The molecule has 4 heteroatoms. The van der Waals surface area contributed by atoms with Crippen molar-refractivity contribution in [2.75, 3.05) is 5.32 Å². The standard InChI is InChI=1S/C18H15N3O/c22-16-8-7-15(11-16)20-14-5-3-4-13(10-14)17-12-19-18-6-1-2-9-21(17)18/h1-6,9-12,20H,7-8H2. The molecule has 4 nitrogen and oxygen atoms in total. The van der Waals surface area contributed by atoms with E-state index in [1.165, 1.54) is 0 Å². The zero-order valence-corrected chi connectivity index (χ0v) is 12.0. The molecule has 108 valence electrons. The fourth-order valence-corrected chi connectivity index (χ4v) is 2.78. The third-order valence-corrected chi connectivity index (χ3v) is 3.86. The van der Waals surface area contributed by atoms with Crippen LogP contribution in [0.5, 0.6) is 0 Å². The van der Waals surface area contributed by atoms with Crippen molar-refractivity contribution in [3.63, 3.8) is 0 Å². The minimum atomic E-state index is 0.195. The van der Waals surface area contributed by atoms with E-state index in [9.17, 15) is 4.79 Å². The number of nitrogens with zero attached hydrogens (tertiary/aromatic N) is 2. The summed E-state index contributed by atoms with van der Waals surface area (Å²) in [6, 6.07) is 14.1. The molecular formula is C18H15N3O. The molecule has 0 aliphatic heterocycles. The van der Waals surface area contributed by atoms with Crippen molar-refractivity contribution in [1.82, 2.24) is 9.38 Å². The number of carbonyl (C=O) groups is 1. The zero-order chi connectivity index (χ0) is 14.9. The van der Waals surface area contributed by atoms with E-state index in [4.69, 9.17) is 0 Å². The van der Waals surface area contributed by atoms with Crippen molar-refractivity contribution in [3.05, 3.63) is 66.6 Å². The average molecular weight is 289 g/mol. The van der Waals surface area contributed by atoms with Gasteiger partial charge in [0.2, 0.25) is 0 Å². The number of fused-ring (bicyclic) bond motifs is 1. The molecule has 3 aromatic rings. The summed E-state index contributed by atoms with van der Waals surface area (Å²) in [6.07, 6.45) is 6.98. The molecule has 4 rings (SSSR count). The molecule has 0 unspecified atom stereocenters. The van der Waals surface area contributed by atoms with Crippen LogP contribution >= 0.6 is 0 Å². The number of benzene rings is 1. The quantitative estimate of drug-likeness (QED) is 0.800. The van der Waals surface area contributed by atoms with Crippen LogP contribution in [-0.4, -0.2) is 15.2 Å². The van der Waals surface area contributed by atoms with Crippen LogP contribution < -0.4 is 5.32 Å². The number of imidazole rings is 1. The number of rotatable bonds is 3. The number of anilines is 1. The summed E-state index contributed by atoms with van der Waals surface area (Å²) >= 11 is 0. The first-order valence-corrected chi connectivity index (χ1v) is 7.32. The van der Waals surface area contributed by atoms with E-state index in [1.54, 1.807) is 6.08 Å². The van der Waals surface area contributed by atoms with Gasteiger partial charge < -0.3 is 5.32 Å². The Morgan fingerprint density at radius 2 is 2.05 bits per heavy atom. The van der Waals surface area contributed by atoms with Crippen LogP contribution in [0.15, 0.2) is 66.6 Å². The largest absolute Gasteiger partial charge is 0.359 e. The Bertz CT molecular complexity index is 892. The second-order valence-corrected chi connectivity index (χ2v) is 5.41. The summed E-state index contributed by atoms with van der Waals surface area (Å²) in [5, 5.41) is 3.33. The molecule has 2 heterocycles. The monoisotopic (exact) mass is 289 g/mol. The van der Waals surface area contributed by atoms with Crippen LogP contribution in [0.2, 0.25) is 0 Å². The highest BCUT2D eigenvalue weighted by atomic mass is 16.1. The van der Waals surface area contributed by atoms with Crippen LogP contribution in [0.25, 0.3) is 16.9 Å². The Kier molecular flexibility index (Phi) is 3.00. The normalized spacial score (nSPS) is 14.4. The molecule has 0 spiro atoms. The maximum atomic E-state index is 11.3. The van der Waals surface area contributed by atoms with Crippen LogP contribution in [-0.2, 0) is 4.79 Å². The van der Waals surface area contributed by atoms with Crippen LogP contribution in [0.3, 0.4) is 0 Å². The smallest absolute Gasteiger partial charge is 0.157 e. The van der Waals surface area contributed by atoms with Crippen molar-refractivity contribution in [2.24, 2.45) is 0 Å². The second-order valence-electron chi connectivity index (χ2n) is 5.41. The number of hydrogen-bond acceptors (Lipinski definition) is 3. The van der Waals surface area contributed by atoms with Gasteiger partial charge in [-0.15, -0.1) is 0 Å². The summed E-state index contributed by atoms with van der Waals surface area (Å²) in [5.74, 6) is 0.195. The predicted octanol–water partition coefficient (Wildman–Crippen LogP) is 3.66. The molecule has 1 aliphatic carbocycles. The molecular weight excluding hydrogens is 274 g/mol. The highest BCUT2D eigenvalue weighted by Crippen LogP contribution is 2.25. The SMILES string of the molecule is O=C1C=C(Nc2cccc(-c3cnc4ccccn34)c2)CC1. The molecule has 0 radical (unpaired) electrons. The Balaban J connectivity index is 1.70. The first kappa shape index (κ1) is 12.8. The molecule has 1 aromatic carbocycles. The van der Waals surface area contributed by atoms with Gasteiger partial charge in [-0.3, -0.25) is 9.20 Å². The molecule has 0 fully saturated rings. The lowest BCUT2D eigenvalue weighted by molar-refractivity contribution is -0.114. The van der Waals surface area contributed by atoms with Crippen molar-refractivity contribution in [2.45, 2.75) is 12.8 Å². The van der Waals surface area contributed by atoms with E-state index in [0.717, 1.165) is 34.7 Å². The van der Waals surface area contributed by atoms with E-state index >= 15 is 0 Å². The van der Waals surface area contributed by atoms with E-state index in [1.807, 2.05) is 42.7 Å². The van der Waals surface area contributed by atoms with Gasteiger partial charge in [0.25, 0.3) is 0 Å². The molecule has 0 saturated heterocycles. The fraction of sp³-hybridized carbons (Fsp3) is 0.111. The molecule has 0 saturated carbocycles. The summed E-state index contributed by atoms with van der Waals surface area (Å²) in [5.41, 5.74) is 5.05. The number of ketones is 1. The summed E-state index contributed by atoms with van der Waals surface area (Å²) < 4.78 is 2.07. The van der Waals surface area contributed by atoms with E-state index in [0.29, 0.717) is 6.42 Å². The Hall–Kier alpha value is -2.88. The third kappa shape index (κ3) is 2.29. The van der Waals surface area contributed by atoms with Crippen LogP contribution in [0.1, 0.15) is 12.8 Å². The van der Waals surface area contributed by atoms with Gasteiger partial charge in [0.15, 0.2) is 5.78 Å². The number of carbonyl (C=O) groups excluding carboxylic acids is 1. The molecule has 0 bridgehead atoms. The van der Waals surface area contributed by atoms with Gasteiger partial charge in [0.1, 0.15) is 5.65 Å². The van der Waals surface area contributed by atoms with Crippen LogP contribution in [0, 0.1) is 0 Å². The molecule has 0 amide bonds. The molecule has 2 aromatic heterocycles. The van der Waals surface area contributed by atoms with Gasteiger partial charge >= 0.3 is 0 Å². The van der Waals surface area contributed by atoms with Crippen molar-refractivity contribution < 1.29 is 4.79 Å². The minimum absolute atomic E-state index is 0.195. The van der Waals surface area contributed by atoms with Crippen LogP contribution in [0.4, 0.5) is 5.69 Å². The van der Waals surface area contributed by atoms with E-state index < -0.39 is 0 Å². The maximum absolute atomic E-state index is 11.3. The molecule has 1 N–H and O–H groups in total. The lowest BCUT2D eigenvalue weighted by Gasteiger charge is -2.09. The fourth-order valence-electron chi connectivity index (χ4n) is 2.78. The number of nitrogens with one attached hydrogen (secondary N) is 1. The van der Waals surface area contributed by atoms with Crippen molar-refractivity contribution >= 4 is 17.1 Å². The van der Waals surface area contributed by atoms with Gasteiger partial charge in [-0.1, -0.05) is 18.2 Å². The number of aromatic nitrogens is 2. The molecule has 1 aliphatic rings.